The van der Waals surface area contributed by atoms with Crippen molar-refractivity contribution in [3.63, 3.8) is 0 Å². The minimum atomic E-state index is 0.586. The van der Waals surface area contributed by atoms with Crippen LogP contribution in [0.2, 0.25) is 0 Å². The molecule has 0 bridgehead atoms. The Morgan fingerprint density at radius 1 is 1.55 bits per heavy atom. The van der Waals surface area contributed by atoms with Crippen LogP contribution in [0.3, 0.4) is 0 Å². The van der Waals surface area contributed by atoms with Crippen LogP contribution in [0.25, 0.3) is 0 Å². The maximum absolute atomic E-state index is 4.38. The van der Waals surface area contributed by atoms with Gasteiger partial charge in [-0.2, -0.15) is 4.37 Å². The van der Waals surface area contributed by atoms with Crippen molar-refractivity contribution in [3.05, 3.63) is 16.6 Å². The zero-order chi connectivity index (χ0) is 8.27. The molecule has 0 unspecified atom stereocenters. The average molecular weight is 169 g/mol. The summed E-state index contributed by atoms with van der Waals surface area (Å²) in [7, 11) is 0. The molecule has 0 aromatic carbocycles. The van der Waals surface area contributed by atoms with Gasteiger partial charge in [-0.15, -0.1) is 0 Å². The highest BCUT2D eigenvalue weighted by Gasteiger charge is 2.07. The van der Waals surface area contributed by atoms with Crippen molar-refractivity contribution in [1.29, 1.82) is 0 Å². The minimum Gasteiger partial charge on any atom is -0.197 e. The molecule has 62 valence electrons. The van der Waals surface area contributed by atoms with Gasteiger partial charge in [0.1, 0.15) is 0 Å². The third-order valence-electron chi connectivity index (χ3n) is 1.74. The van der Waals surface area contributed by atoms with Gasteiger partial charge in [-0.3, -0.25) is 0 Å². The van der Waals surface area contributed by atoms with Gasteiger partial charge in [0, 0.05) is 5.38 Å². The molecule has 1 rings (SSSR count). The summed E-state index contributed by atoms with van der Waals surface area (Å²) in [5.41, 5.74) is 2.75. The zero-order valence-electron chi connectivity index (χ0n) is 7.42. The summed E-state index contributed by atoms with van der Waals surface area (Å²) in [6.07, 6.45) is 2.40. The van der Waals surface area contributed by atoms with E-state index in [1.807, 2.05) is 0 Å². The predicted octanol–water partition coefficient (Wildman–Crippen LogP) is 3.22. The van der Waals surface area contributed by atoms with E-state index in [-0.39, 0.29) is 0 Å². The van der Waals surface area contributed by atoms with E-state index in [0.29, 0.717) is 5.92 Å². The van der Waals surface area contributed by atoms with Crippen LogP contribution in [0, 0.1) is 0 Å². The first-order valence-corrected chi connectivity index (χ1v) is 5.02. The summed E-state index contributed by atoms with van der Waals surface area (Å²) in [4.78, 5) is 0. The van der Waals surface area contributed by atoms with E-state index < -0.39 is 0 Å². The van der Waals surface area contributed by atoms with Crippen molar-refractivity contribution in [2.45, 2.75) is 39.5 Å². The smallest absolute Gasteiger partial charge is 0.0599 e. The van der Waals surface area contributed by atoms with Crippen LogP contribution in [0.1, 0.15) is 44.4 Å². The van der Waals surface area contributed by atoms with E-state index in [4.69, 9.17) is 0 Å². The number of nitrogens with zero attached hydrogens (tertiary/aromatic N) is 1. The van der Waals surface area contributed by atoms with E-state index in [1.54, 1.807) is 11.5 Å². The van der Waals surface area contributed by atoms with Gasteiger partial charge in [0.2, 0.25) is 0 Å². The molecular weight excluding hydrogens is 154 g/mol. The zero-order valence-corrected chi connectivity index (χ0v) is 8.24. The molecule has 0 saturated heterocycles. The van der Waals surface area contributed by atoms with Crippen LogP contribution in [0.15, 0.2) is 5.38 Å². The molecule has 0 aliphatic carbocycles. The van der Waals surface area contributed by atoms with Crippen LogP contribution in [-0.2, 0) is 6.42 Å². The quantitative estimate of drug-likeness (QED) is 0.677. The normalized spacial score (nSPS) is 10.9. The van der Waals surface area contributed by atoms with E-state index in [1.165, 1.54) is 24.1 Å². The first-order chi connectivity index (χ1) is 5.25. The summed E-state index contributed by atoms with van der Waals surface area (Å²) in [5, 5.41) is 2.18. The van der Waals surface area contributed by atoms with Crippen LogP contribution in [-0.4, -0.2) is 4.37 Å². The molecule has 1 aromatic rings. The second-order valence-electron chi connectivity index (χ2n) is 3.13. The van der Waals surface area contributed by atoms with Gasteiger partial charge in [-0.25, -0.2) is 0 Å². The lowest BCUT2D eigenvalue weighted by Crippen LogP contribution is -1.93. The largest absolute Gasteiger partial charge is 0.197 e. The van der Waals surface area contributed by atoms with Crippen LogP contribution >= 0.6 is 11.5 Å². The topological polar surface area (TPSA) is 12.9 Å². The maximum atomic E-state index is 4.38. The fourth-order valence-corrected chi connectivity index (χ4v) is 2.06. The third kappa shape index (κ3) is 2.03. The lowest BCUT2D eigenvalue weighted by Gasteiger charge is -2.02. The van der Waals surface area contributed by atoms with Gasteiger partial charge < -0.3 is 0 Å². The molecule has 1 heterocycles. The van der Waals surface area contributed by atoms with Gasteiger partial charge >= 0.3 is 0 Å². The molecule has 1 nitrogen and oxygen atoms in total. The summed E-state index contributed by atoms with van der Waals surface area (Å²) >= 11 is 1.58. The monoisotopic (exact) mass is 169 g/mol. The number of aromatic nitrogens is 1. The SMILES string of the molecule is CCCc1csnc1C(C)C. The summed E-state index contributed by atoms with van der Waals surface area (Å²) in [6, 6.07) is 0. The van der Waals surface area contributed by atoms with Crippen molar-refractivity contribution in [2.75, 3.05) is 0 Å². The van der Waals surface area contributed by atoms with E-state index >= 15 is 0 Å². The Bertz CT molecular complexity index is 215. The molecule has 0 amide bonds. The highest BCUT2D eigenvalue weighted by atomic mass is 32.1. The summed E-state index contributed by atoms with van der Waals surface area (Å²) < 4.78 is 4.38. The number of hydrogen-bond donors (Lipinski definition) is 0. The molecule has 0 spiro atoms. The summed E-state index contributed by atoms with van der Waals surface area (Å²) in [5.74, 6) is 0.586. The third-order valence-corrected chi connectivity index (χ3v) is 2.43. The lowest BCUT2D eigenvalue weighted by atomic mass is 10.0. The van der Waals surface area contributed by atoms with Crippen LogP contribution < -0.4 is 0 Å². The molecule has 0 N–H and O–H groups in total. The Kier molecular flexibility index (Phi) is 3.06. The molecule has 0 fully saturated rings. The highest BCUT2D eigenvalue weighted by Crippen LogP contribution is 2.20. The van der Waals surface area contributed by atoms with Gasteiger partial charge in [0.25, 0.3) is 0 Å². The van der Waals surface area contributed by atoms with Gasteiger partial charge in [0.05, 0.1) is 5.69 Å². The molecule has 0 atom stereocenters. The molecule has 2 heteroatoms. The Morgan fingerprint density at radius 3 is 2.82 bits per heavy atom. The first kappa shape index (κ1) is 8.72. The van der Waals surface area contributed by atoms with Crippen LogP contribution in [0.4, 0.5) is 0 Å². The van der Waals surface area contributed by atoms with Gasteiger partial charge in [0.15, 0.2) is 0 Å². The van der Waals surface area contributed by atoms with Crippen molar-refractivity contribution in [2.24, 2.45) is 0 Å². The standard InChI is InChI=1S/C9H15NS/c1-4-5-8-6-11-10-9(8)7(2)3/h6-7H,4-5H2,1-3H3. The summed E-state index contributed by atoms with van der Waals surface area (Å²) in [6.45, 7) is 6.62. The number of hydrogen-bond acceptors (Lipinski definition) is 2. The van der Waals surface area contributed by atoms with Gasteiger partial charge in [-0.1, -0.05) is 27.2 Å². The highest BCUT2D eigenvalue weighted by molar-refractivity contribution is 7.03. The molecule has 0 aliphatic heterocycles. The van der Waals surface area contributed by atoms with E-state index in [9.17, 15) is 0 Å². The molecule has 1 aromatic heterocycles. The fourth-order valence-electron chi connectivity index (χ4n) is 1.20. The van der Waals surface area contributed by atoms with Crippen molar-refractivity contribution in [3.8, 4) is 0 Å². The van der Waals surface area contributed by atoms with E-state index in [0.717, 1.165) is 0 Å². The molecule has 0 aliphatic rings. The number of aryl methyl sites for hydroxylation is 1. The van der Waals surface area contributed by atoms with Crippen molar-refractivity contribution in [1.82, 2.24) is 4.37 Å². The van der Waals surface area contributed by atoms with E-state index in [2.05, 4.69) is 30.5 Å². The van der Waals surface area contributed by atoms with Crippen molar-refractivity contribution < 1.29 is 0 Å². The molecule has 0 saturated carbocycles. The van der Waals surface area contributed by atoms with Crippen LogP contribution in [0.5, 0.6) is 0 Å². The lowest BCUT2D eigenvalue weighted by molar-refractivity contribution is 0.802. The second kappa shape index (κ2) is 3.86. The molecule has 0 radical (unpaired) electrons. The number of rotatable bonds is 3. The Morgan fingerprint density at radius 2 is 2.27 bits per heavy atom. The minimum absolute atomic E-state index is 0.586. The Balaban J connectivity index is 2.78. The Labute approximate surface area is 72.6 Å². The second-order valence-corrected chi connectivity index (χ2v) is 3.76. The molecular formula is C9H15NS. The fraction of sp³-hybridized carbons (Fsp3) is 0.667. The molecule has 11 heavy (non-hydrogen) atoms. The van der Waals surface area contributed by atoms with Gasteiger partial charge in [-0.05, 0) is 29.4 Å². The maximum Gasteiger partial charge on any atom is 0.0599 e. The van der Waals surface area contributed by atoms with Crippen molar-refractivity contribution >= 4 is 11.5 Å². The first-order valence-electron chi connectivity index (χ1n) is 4.18. The Hall–Kier alpha value is -0.370. The average Bonchev–Trinajstić information content (AvgIpc) is 2.36. The predicted molar refractivity (Wildman–Crippen MR) is 50.2 cm³/mol.